The number of hydrogen-bond acceptors (Lipinski definition) is 7. The summed E-state index contributed by atoms with van der Waals surface area (Å²) in [7, 11) is 3.10. The summed E-state index contributed by atoms with van der Waals surface area (Å²) in [6.45, 7) is 2.48. The monoisotopic (exact) mass is 484 g/mol. The number of nitrogens with two attached hydrogens (primary N) is 2. The third-order valence-corrected chi connectivity index (χ3v) is 7.31. The number of pyridine rings is 1. The van der Waals surface area contributed by atoms with Crippen molar-refractivity contribution in [2.75, 3.05) is 37.4 Å². The van der Waals surface area contributed by atoms with Crippen LogP contribution in [0.1, 0.15) is 47.1 Å². The van der Waals surface area contributed by atoms with Crippen molar-refractivity contribution in [2.24, 2.45) is 0 Å². The van der Waals surface area contributed by atoms with Crippen LogP contribution in [0.5, 0.6) is 0 Å². The zero-order valence-corrected chi connectivity index (χ0v) is 19.9. The highest BCUT2D eigenvalue weighted by Crippen LogP contribution is 2.54. The number of aromatic nitrogens is 4. The fraction of sp³-hybridized carbons (Fsp3) is 0.391. The average Bonchev–Trinajstić information content (AvgIpc) is 3.47. The molecule has 5 rings (SSSR count). The van der Waals surface area contributed by atoms with Crippen molar-refractivity contribution in [1.29, 1.82) is 0 Å². The number of benzene rings is 1. The van der Waals surface area contributed by atoms with E-state index in [1.807, 2.05) is 6.92 Å². The molecule has 1 amide bonds. The Morgan fingerprint density at radius 2 is 2.09 bits per heavy atom. The highest BCUT2D eigenvalue weighted by atomic mass is 35.5. The Labute approximate surface area is 201 Å². The molecular formula is C23H26ClFN8O. The van der Waals surface area contributed by atoms with Crippen molar-refractivity contribution in [1.82, 2.24) is 24.6 Å². The molecule has 1 aliphatic heterocycles. The number of halogens is 2. The molecule has 0 radical (unpaired) electrons. The van der Waals surface area contributed by atoms with E-state index in [1.165, 1.54) is 23.2 Å². The van der Waals surface area contributed by atoms with E-state index in [4.69, 9.17) is 23.1 Å². The van der Waals surface area contributed by atoms with Crippen molar-refractivity contribution >= 4 is 35.0 Å². The maximum Gasteiger partial charge on any atom is 0.258 e. The SMILES string of the molecule is Cc1nc(N)n([C@H]2CC[C@]3(CNc4ncc(-c5ccc(N)c(C(=O)N(C)C)c5F)c(Cl)c43)C2)n1. The van der Waals surface area contributed by atoms with Gasteiger partial charge in [-0.2, -0.15) is 10.1 Å². The van der Waals surface area contributed by atoms with Crippen LogP contribution in [-0.4, -0.2) is 51.2 Å². The van der Waals surface area contributed by atoms with Crippen LogP contribution in [0.25, 0.3) is 11.1 Å². The lowest BCUT2D eigenvalue weighted by atomic mass is 9.80. The van der Waals surface area contributed by atoms with Gasteiger partial charge in [-0.1, -0.05) is 11.6 Å². The van der Waals surface area contributed by atoms with Crippen molar-refractivity contribution < 1.29 is 9.18 Å². The predicted octanol–water partition coefficient (Wildman–Crippen LogP) is 3.40. The molecule has 178 valence electrons. The van der Waals surface area contributed by atoms with Gasteiger partial charge in [0.25, 0.3) is 5.91 Å². The molecule has 2 atom stereocenters. The predicted molar refractivity (Wildman–Crippen MR) is 129 cm³/mol. The first-order valence-corrected chi connectivity index (χ1v) is 11.4. The minimum absolute atomic E-state index is 0.0719. The van der Waals surface area contributed by atoms with Gasteiger partial charge in [-0.15, -0.1) is 0 Å². The number of nitrogen functional groups attached to an aromatic ring is 2. The summed E-state index contributed by atoms with van der Waals surface area (Å²) in [5.41, 5.74) is 13.1. The van der Waals surface area contributed by atoms with Gasteiger partial charge in [0, 0.05) is 54.6 Å². The molecule has 0 unspecified atom stereocenters. The Balaban J connectivity index is 1.58. The molecule has 1 fully saturated rings. The number of rotatable bonds is 3. The molecular weight excluding hydrogens is 459 g/mol. The van der Waals surface area contributed by atoms with Crippen LogP contribution in [0.4, 0.5) is 21.8 Å². The largest absolute Gasteiger partial charge is 0.398 e. The fourth-order valence-corrected chi connectivity index (χ4v) is 5.73. The van der Waals surface area contributed by atoms with Crippen LogP contribution in [-0.2, 0) is 5.41 Å². The Morgan fingerprint density at radius 3 is 2.76 bits per heavy atom. The van der Waals surface area contributed by atoms with E-state index in [0.717, 1.165) is 24.8 Å². The quantitative estimate of drug-likeness (QED) is 0.486. The summed E-state index contributed by atoms with van der Waals surface area (Å²) >= 11 is 6.96. The van der Waals surface area contributed by atoms with Crippen LogP contribution in [0.15, 0.2) is 18.3 Å². The number of aryl methyl sites for hydroxylation is 1. The molecule has 0 saturated heterocycles. The van der Waals surface area contributed by atoms with Crippen molar-refractivity contribution in [3.05, 3.63) is 46.1 Å². The molecule has 1 aromatic carbocycles. The number of amides is 1. The Bertz CT molecular complexity index is 1320. The van der Waals surface area contributed by atoms with Crippen molar-refractivity contribution in [3.8, 4) is 11.1 Å². The molecule has 1 saturated carbocycles. The van der Waals surface area contributed by atoms with Gasteiger partial charge >= 0.3 is 0 Å². The molecule has 3 heterocycles. The van der Waals surface area contributed by atoms with Gasteiger partial charge in [0.2, 0.25) is 5.95 Å². The highest BCUT2D eigenvalue weighted by Gasteiger charge is 2.48. The molecule has 1 spiro atoms. The van der Waals surface area contributed by atoms with E-state index in [-0.39, 0.29) is 28.3 Å². The Kier molecular flexibility index (Phi) is 5.16. The molecule has 3 aromatic rings. The van der Waals surface area contributed by atoms with Crippen LogP contribution in [0.2, 0.25) is 5.02 Å². The summed E-state index contributed by atoms with van der Waals surface area (Å²) in [6, 6.07) is 3.14. The standard InChI is InChI=1S/C23H26ClFN8O/c1-11-30-22(27)33(31-11)12-6-7-23(8-12)10-29-20-17(23)18(24)14(9-28-20)13-4-5-15(26)16(19(13)25)21(34)32(2)3/h4-5,9,12H,6-8,10,26H2,1-3H3,(H,28,29)(H2,27,30,31)/t12-,23+/m0/s1. The van der Waals surface area contributed by atoms with Gasteiger partial charge in [0.05, 0.1) is 16.6 Å². The molecule has 9 nitrogen and oxygen atoms in total. The van der Waals surface area contributed by atoms with Crippen LogP contribution >= 0.6 is 11.6 Å². The van der Waals surface area contributed by atoms with E-state index < -0.39 is 11.7 Å². The summed E-state index contributed by atoms with van der Waals surface area (Å²) in [4.78, 5) is 22.6. The molecule has 0 bridgehead atoms. The Hall–Kier alpha value is -3.40. The maximum absolute atomic E-state index is 15.6. The topological polar surface area (TPSA) is 128 Å². The second-order valence-corrected chi connectivity index (χ2v) is 9.67. The van der Waals surface area contributed by atoms with Crippen molar-refractivity contribution in [2.45, 2.75) is 37.6 Å². The first-order valence-electron chi connectivity index (χ1n) is 11.0. The number of nitrogens with one attached hydrogen (secondary N) is 1. The lowest BCUT2D eigenvalue weighted by molar-refractivity contribution is 0.0824. The minimum Gasteiger partial charge on any atom is -0.398 e. The van der Waals surface area contributed by atoms with Gasteiger partial charge in [0.15, 0.2) is 0 Å². The first-order chi connectivity index (χ1) is 16.1. The van der Waals surface area contributed by atoms with Gasteiger partial charge < -0.3 is 21.7 Å². The third kappa shape index (κ3) is 3.27. The highest BCUT2D eigenvalue weighted by molar-refractivity contribution is 6.34. The summed E-state index contributed by atoms with van der Waals surface area (Å²) < 4.78 is 17.4. The van der Waals surface area contributed by atoms with E-state index in [1.54, 1.807) is 18.8 Å². The lowest BCUT2D eigenvalue weighted by Gasteiger charge is -2.25. The van der Waals surface area contributed by atoms with E-state index in [0.29, 0.717) is 34.7 Å². The third-order valence-electron chi connectivity index (χ3n) is 6.92. The van der Waals surface area contributed by atoms with Crippen LogP contribution in [0.3, 0.4) is 0 Å². The van der Waals surface area contributed by atoms with E-state index >= 15 is 4.39 Å². The molecule has 34 heavy (non-hydrogen) atoms. The second kappa shape index (κ2) is 7.83. The van der Waals surface area contributed by atoms with E-state index in [2.05, 4.69) is 20.4 Å². The first kappa shape index (κ1) is 22.4. The summed E-state index contributed by atoms with van der Waals surface area (Å²) in [5.74, 6) is 0.493. The van der Waals surface area contributed by atoms with Crippen LogP contribution < -0.4 is 16.8 Å². The number of nitrogens with zero attached hydrogens (tertiary/aromatic N) is 5. The maximum atomic E-state index is 15.6. The van der Waals surface area contributed by atoms with E-state index in [9.17, 15) is 4.79 Å². The second-order valence-electron chi connectivity index (χ2n) is 9.29. The normalized spacial score (nSPS) is 21.0. The number of hydrogen-bond donors (Lipinski definition) is 3. The summed E-state index contributed by atoms with van der Waals surface area (Å²) in [5, 5.41) is 8.25. The zero-order chi connectivity index (χ0) is 24.4. The number of carbonyl (C=O) groups excluding carboxylic acids is 1. The number of anilines is 3. The van der Waals surface area contributed by atoms with Gasteiger partial charge in [-0.3, -0.25) is 4.79 Å². The number of fused-ring (bicyclic) bond motifs is 2. The average molecular weight is 485 g/mol. The fourth-order valence-electron chi connectivity index (χ4n) is 5.29. The van der Waals surface area contributed by atoms with Crippen molar-refractivity contribution in [3.63, 3.8) is 0 Å². The lowest BCUT2D eigenvalue weighted by Crippen LogP contribution is -2.26. The summed E-state index contributed by atoms with van der Waals surface area (Å²) in [6.07, 6.45) is 3.98. The molecule has 11 heteroatoms. The molecule has 2 aromatic heterocycles. The number of carbonyl (C=O) groups is 1. The molecule has 1 aliphatic carbocycles. The van der Waals surface area contributed by atoms with Gasteiger partial charge in [0.1, 0.15) is 17.5 Å². The zero-order valence-electron chi connectivity index (χ0n) is 19.2. The molecule has 2 aliphatic rings. The van der Waals surface area contributed by atoms with Gasteiger partial charge in [-0.25, -0.2) is 14.1 Å². The van der Waals surface area contributed by atoms with Crippen LogP contribution in [0, 0.1) is 12.7 Å². The Morgan fingerprint density at radius 1 is 1.32 bits per heavy atom. The smallest absolute Gasteiger partial charge is 0.258 e. The molecule has 5 N–H and O–H groups in total. The van der Waals surface area contributed by atoms with Gasteiger partial charge in [-0.05, 0) is 38.3 Å². The minimum atomic E-state index is -0.711.